The highest BCUT2D eigenvalue weighted by molar-refractivity contribution is 6.12. The van der Waals surface area contributed by atoms with E-state index in [2.05, 4.69) is 6.07 Å². The van der Waals surface area contributed by atoms with Crippen LogP contribution < -0.4 is 0 Å². The van der Waals surface area contributed by atoms with Crippen molar-refractivity contribution < 1.29 is 26.3 Å². The summed E-state index contributed by atoms with van der Waals surface area (Å²) >= 11 is 0. The Hall–Kier alpha value is -9.27. The van der Waals surface area contributed by atoms with E-state index in [1.54, 1.807) is 33.7 Å². The maximum atomic E-state index is 15.2. The Kier molecular flexibility index (Phi) is 10.4. The van der Waals surface area contributed by atoms with Gasteiger partial charge in [-0.2, -0.15) is 31.6 Å². The molecular formula is C61H35F6N5. The molecule has 5 nitrogen and oxygen atoms in total. The van der Waals surface area contributed by atoms with E-state index in [9.17, 15) is 5.26 Å². The summed E-state index contributed by atoms with van der Waals surface area (Å²) in [7, 11) is 0. The lowest BCUT2D eigenvalue weighted by Gasteiger charge is -2.22. The van der Waals surface area contributed by atoms with Crippen LogP contribution in [0.2, 0.25) is 0 Å². The molecule has 4 heterocycles. The van der Waals surface area contributed by atoms with Gasteiger partial charge in [0.2, 0.25) is 0 Å². The highest BCUT2D eigenvalue weighted by Gasteiger charge is 2.41. The van der Waals surface area contributed by atoms with Gasteiger partial charge >= 0.3 is 12.4 Å². The Balaban J connectivity index is 1.12. The third-order valence-electron chi connectivity index (χ3n) is 13.3. The van der Waals surface area contributed by atoms with Gasteiger partial charge in [0.25, 0.3) is 0 Å². The van der Waals surface area contributed by atoms with Gasteiger partial charge in [0.1, 0.15) is 11.6 Å². The minimum absolute atomic E-state index is 0.0247. The van der Waals surface area contributed by atoms with Crippen LogP contribution in [0.4, 0.5) is 26.3 Å². The maximum Gasteiger partial charge on any atom is 0.417 e. The number of alkyl halides is 6. The summed E-state index contributed by atoms with van der Waals surface area (Å²) in [5.41, 5.74) is 5.02. The molecule has 0 aliphatic carbocycles. The first-order chi connectivity index (χ1) is 34.9. The van der Waals surface area contributed by atoms with Gasteiger partial charge in [-0.05, 0) is 89.5 Å². The Morgan fingerprint density at radius 3 is 1.17 bits per heavy atom. The topological polar surface area (TPSA) is 59.4 Å². The fourth-order valence-corrected chi connectivity index (χ4v) is 10.1. The maximum absolute atomic E-state index is 15.2. The number of benzene rings is 8. The van der Waals surface area contributed by atoms with Crippen LogP contribution in [0.5, 0.6) is 0 Å². The standard InChI is InChI=1S/C61H35F6N5/c62-60(63,64)49-18-11-19-50(61(65,66)67)59(49)43-32-57(71-53-20-9-7-16-44(53)46-30-39(24-28-55(46)71)41-22-26-51(69-35-41)37-12-3-1-4-13-37)48(34-68)58(33-43)72-54-21-10-8-17-45(54)47-31-40(25-29-56(47)72)42-23-27-52(70-36-42)38-14-5-2-6-15-38/h1-33,35-36H. The van der Waals surface area contributed by atoms with Crippen molar-refractivity contribution in [1.29, 1.82) is 5.26 Å². The van der Waals surface area contributed by atoms with Gasteiger partial charge in [0.15, 0.2) is 0 Å². The number of hydrogen-bond donors (Lipinski definition) is 0. The molecule has 0 saturated carbocycles. The molecular weight excluding hydrogens is 917 g/mol. The number of nitriles is 1. The molecule has 0 aliphatic heterocycles. The van der Waals surface area contributed by atoms with Gasteiger partial charge in [-0.15, -0.1) is 0 Å². The Labute approximate surface area is 407 Å². The predicted octanol–water partition coefficient (Wildman–Crippen LogP) is 16.9. The number of hydrogen-bond acceptors (Lipinski definition) is 3. The van der Waals surface area contributed by atoms with E-state index in [0.29, 0.717) is 34.2 Å². The van der Waals surface area contributed by atoms with Gasteiger partial charge < -0.3 is 9.13 Å². The van der Waals surface area contributed by atoms with E-state index in [1.165, 1.54) is 12.1 Å². The van der Waals surface area contributed by atoms with E-state index < -0.39 is 29.0 Å². The van der Waals surface area contributed by atoms with Crippen LogP contribution in [0.15, 0.2) is 213 Å². The van der Waals surface area contributed by atoms with Crippen LogP contribution in [0.25, 0.3) is 111 Å². The third kappa shape index (κ3) is 7.43. The lowest BCUT2D eigenvalue weighted by Crippen LogP contribution is -2.15. The molecule has 0 radical (unpaired) electrons. The minimum Gasteiger partial charge on any atom is -0.308 e. The number of rotatable bonds is 7. The average molecular weight is 952 g/mol. The molecule has 346 valence electrons. The molecule has 0 fully saturated rings. The van der Waals surface area contributed by atoms with E-state index in [0.717, 1.165) is 72.4 Å². The van der Waals surface area contributed by atoms with Crippen LogP contribution in [0.1, 0.15) is 16.7 Å². The second kappa shape index (κ2) is 17.0. The summed E-state index contributed by atoms with van der Waals surface area (Å²) in [6, 6.07) is 60.7. The molecule has 72 heavy (non-hydrogen) atoms. The van der Waals surface area contributed by atoms with Crippen molar-refractivity contribution in [3.8, 4) is 73.3 Å². The second-order valence-corrected chi connectivity index (χ2v) is 17.5. The van der Waals surface area contributed by atoms with E-state index in [1.807, 2.05) is 158 Å². The minimum atomic E-state index is -5.18. The Morgan fingerprint density at radius 2 is 0.764 bits per heavy atom. The molecule has 12 aromatic rings. The summed E-state index contributed by atoms with van der Waals surface area (Å²) < 4.78 is 94.5. The summed E-state index contributed by atoms with van der Waals surface area (Å²) in [4.78, 5) is 9.47. The van der Waals surface area contributed by atoms with Crippen molar-refractivity contribution in [2.75, 3.05) is 0 Å². The fraction of sp³-hybridized carbons (Fsp3) is 0.0328. The summed E-state index contributed by atoms with van der Waals surface area (Å²) in [6.45, 7) is 0. The van der Waals surface area contributed by atoms with Crippen LogP contribution >= 0.6 is 0 Å². The first-order valence-electron chi connectivity index (χ1n) is 22.9. The summed E-state index contributed by atoms with van der Waals surface area (Å²) in [6.07, 6.45) is -6.79. The van der Waals surface area contributed by atoms with Crippen molar-refractivity contribution >= 4 is 43.6 Å². The van der Waals surface area contributed by atoms with E-state index in [4.69, 9.17) is 9.97 Å². The summed E-state index contributed by atoms with van der Waals surface area (Å²) in [5, 5.41) is 14.4. The third-order valence-corrected chi connectivity index (χ3v) is 13.3. The van der Waals surface area contributed by atoms with E-state index in [-0.39, 0.29) is 22.5 Å². The smallest absolute Gasteiger partial charge is 0.308 e. The zero-order chi connectivity index (χ0) is 49.3. The first kappa shape index (κ1) is 44.0. The molecule has 0 bridgehead atoms. The van der Waals surface area contributed by atoms with Crippen LogP contribution in [0.3, 0.4) is 0 Å². The largest absolute Gasteiger partial charge is 0.417 e. The van der Waals surface area contributed by atoms with Crippen molar-refractivity contribution in [1.82, 2.24) is 19.1 Å². The Morgan fingerprint density at radius 1 is 0.361 bits per heavy atom. The number of nitrogens with zero attached hydrogens (tertiary/aromatic N) is 5. The van der Waals surface area contributed by atoms with Gasteiger partial charge in [0, 0.05) is 61.8 Å². The number of halogens is 6. The molecule has 0 unspecified atom stereocenters. The van der Waals surface area contributed by atoms with Crippen LogP contribution in [-0.4, -0.2) is 19.1 Å². The molecule has 0 saturated heterocycles. The number of para-hydroxylation sites is 2. The monoisotopic (exact) mass is 951 g/mol. The van der Waals surface area contributed by atoms with Gasteiger partial charge in [-0.1, -0.05) is 127 Å². The van der Waals surface area contributed by atoms with Crippen molar-refractivity contribution in [3.63, 3.8) is 0 Å². The fourth-order valence-electron chi connectivity index (χ4n) is 10.1. The molecule has 12 rings (SSSR count). The van der Waals surface area contributed by atoms with Crippen molar-refractivity contribution in [3.05, 3.63) is 229 Å². The number of fused-ring (bicyclic) bond motifs is 6. The molecule has 0 atom stereocenters. The first-order valence-corrected chi connectivity index (χ1v) is 22.9. The molecule has 0 spiro atoms. The lowest BCUT2D eigenvalue weighted by atomic mass is 9.91. The lowest BCUT2D eigenvalue weighted by molar-refractivity contribution is -0.142. The SMILES string of the molecule is N#Cc1c(-n2c3ccccc3c3cc(-c4ccc(-c5ccccc5)nc4)ccc32)cc(-c2c(C(F)(F)F)cccc2C(F)(F)F)cc1-n1c2ccccc2c2cc(-c3ccc(-c4ccccc4)nc3)ccc21. The van der Waals surface area contributed by atoms with E-state index >= 15 is 26.3 Å². The molecule has 0 N–H and O–H groups in total. The number of aromatic nitrogens is 4. The van der Waals surface area contributed by atoms with Gasteiger partial charge in [-0.3, -0.25) is 9.97 Å². The Bertz CT molecular complexity index is 3860. The van der Waals surface area contributed by atoms with Crippen molar-refractivity contribution in [2.45, 2.75) is 12.4 Å². The highest BCUT2D eigenvalue weighted by atomic mass is 19.4. The summed E-state index contributed by atoms with van der Waals surface area (Å²) in [5.74, 6) is 0. The van der Waals surface area contributed by atoms with Crippen LogP contribution in [-0.2, 0) is 12.4 Å². The van der Waals surface area contributed by atoms with Crippen LogP contribution in [0, 0.1) is 11.3 Å². The van der Waals surface area contributed by atoms with Gasteiger partial charge in [0.05, 0.1) is 56.0 Å². The highest BCUT2D eigenvalue weighted by Crippen LogP contribution is 2.48. The zero-order valence-corrected chi connectivity index (χ0v) is 37.7. The second-order valence-electron chi connectivity index (χ2n) is 17.5. The molecule has 4 aromatic heterocycles. The zero-order valence-electron chi connectivity index (χ0n) is 37.7. The average Bonchev–Trinajstić information content (AvgIpc) is 3.92. The van der Waals surface area contributed by atoms with Gasteiger partial charge in [-0.25, -0.2) is 0 Å². The molecule has 11 heteroatoms. The quantitative estimate of drug-likeness (QED) is 0.150. The van der Waals surface area contributed by atoms with Crippen molar-refractivity contribution in [2.24, 2.45) is 0 Å². The molecule has 0 amide bonds. The molecule has 8 aromatic carbocycles. The predicted molar refractivity (Wildman–Crippen MR) is 273 cm³/mol. The number of pyridine rings is 2. The molecule has 0 aliphatic rings. The normalized spacial score (nSPS) is 12.0.